The molecule has 0 saturated carbocycles. The maximum absolute atomic E-state index is 12.0. The van der Waals surface area contributed by atoms with E-state index in [4.69, 9.17) is 0 Å². The molecule has 0 fully saturated rings. The molecule has 1 aromatic rings. The highest BCUT2D eigenvalue weighted by Gasteiger charge is 2.29. The highest BCUT2D eigenvalue weighted by molar-refractivity contribution is 7.98. The van der Waals surface area contributed by atoms with Crippen molar-refractivity contribution in [3.05, 3.63) is 23.9 Å². The molecular formula is C14H20N4O2S. The molecule has 0 radical (unpaired) electrons. The molecule has 0 spiro atoms. The predicted octanol–water partition coefficient (Wildman–Crippen LogP) is 1.63. The van der Waals surface area contributed by atoms with Crippen LogP contribution in [-0.4, -0.2) is 28.1 Å². The molecule has 1 aromatic heterocycles. The van der Waals surface area contributed by atoms with Gasteiger partial charge in [-0.05, 0) is 20.8 Å². The zero-order valence-corrected chi connectivity index (χ0v) is 13.3. The van der Waals surface area contributed by atoms with E-state index in [9.17, 15) is 9.59 Å². The number of carbonyl (C=O) groups is 2. The Kier molecular flexibility index (Phi) is 4.41. The number of anilines is 1. The molecule has 6 nitrogen and oxygen atoms in total. The van der Waals surface area contributed by atoms with Crippen LogP contribution in [-0.2, 0) is 26.6 Å². The van der Waals surface area contributed by atoms with E-state index >= 15 is 0 Å². The van der Waals surface area contributed by atoms with Crippen molar-refractivity contribution in [2.24, 2.45) is 0 Å². The molecule has 7 heteroatoms. The Labute approximate surface area is 128 Å². The van der Waals surface area contributed by atoms with Gasteiger partial charge in [-0.25, -0.2) is 4.68 Å². The highest BCUT2D eigenvalue weighted by atomic mass is 32.2. The Bertz CT molecular complexity index is 587. The fourth-order valence-corrected chi connectivity index (χ4v) is 3.07. The number of amides is 2. The monoisotopic (exact) mass is 308 g/mol. The summed E-state index contributed by atoms with van der Waals surface area (Å²) in [5, 5.41) is 9.74. The van der Waals surface area contributed by atoms with Crippen molar-refractivity contribution in [2.45, 2.75) is 37.8 Å². The second-order valence-electron chi connectivity index (χ2n) is 5.80. The van der Waals surface area contributed by atoms with E-state index in [1.807, 2.05) is 20.8 Å². The summed E-state index contributed by atoms with van der Waals surface area (Å²) in [7, 11) is 0. The van der Waals surface area contributed by atoms with Crippen LogP contribution in [0.4, 0.5) is 5.82 Å². The summed E-state index contributed by atoms with van der Waals surface area (Å²) in [6, 6.07) is 0. The molecular weight excluding hydrogens is 288 g/mol. The fourth-order valence-electron chi connectivity index (χ4n) is 2.04. The Morgan fingerprint density at radius 1 is 1.38 bits per heavy atom. The van der Waals surface area contributed by atoms with E-state index in [0.29, 0.717) is 5.82 Å². The third-order valence-electron chi connectivity index (χ3n) is 3.03. The molecule has 1 aliphatic rings. The first-order valence-corrected chi connectivity index (χ1v) is 7.89. The third kappa shape index (κ3) is 3.29. The van der Waals surface area contributed by atoms with Crippen LogP contribution in [0, 0.1) is 0 Å². The van der Waals surface area contributed by atoms with Crippen molar-refractivity contribution in [3.63, 3.8) is 0 Å². The maximum Gasteiger partial charge on any atom is 0.314 e. The first kappa shape index (κ1) is 15.6. The Morgan fingerprint density at radius 2 is 2.10 bits per heavy atom. The largest absolute Gasteiger partial charge is 0.344 e. The SMILES string of the molecule is C=CCNC(=O)C(=O)Nc1c2c(nn1C(C)(C)C)CSC2. The summed E-state index contributed by atoms with van der Waals surface area (Å²) in [6.45, 7) is 9.79. The topological polar surface area (TPSA) is 76.0 Å². The van der Waals surface area contributed by atoms with Crippen LogP contribution in [0.3, 0.4) is 0 Å². The van der Waals surface area contributed by atoms with Gasteiger partial charge < -0.3 is 10.6 Å². The lowest BCUT2D eigenvalue weighted by atomic mass is 10.1. The van der Waals surface area contributed by atoms with Gasteiger partial charge in [-0.1, -0.05) is 6.08 Å². The summed E-state index contributed by atoms with van der Waals surface area (Å²) in [5.41, 5.74) is 1.73. The van der Waals surface area contributed by atoms with Crippen LogP contribution in [0.25, 0.3) is 0 Å². The minimum atomic E-state index is -0.679. The van der Waals surface area contributed by atoms with Gasteiger partial charge in [0.05, 0.1) is 11.2 Å². The molecule has 2 rings (SSSR count). The van der Waals surface area contributed by atoms with Crippen LogP contribution in [0.1, 0.15) is 32.0 Å². The molecule has 1 aliphatic heterocycles. The number of hydrogen-bond donors (Lipinski definition) is 2. The highest BCUT2D eigenvalue weighted by Crippen LogP contribution is 2.37. The normalized spacial score (nSPS) is 13.7. The van der Waals surface area contributed by atoms with Gasteiger partial charge in [0.15, 0.2) is 0 Å². The number of fused-ring (bicyclic) bond motifs is 1. The molecule has 21 heavy (non-hydrogen) atoms. The van der Waals surface area contributed by atoms with Gasteiger partial charge in [0.25, 0.3) is 0 Å². The smallest absolute Gasteiger partial charge is 0.314 e. The molecule has 114 valence electrons. The third-order valence-corrected chi connectivity index (χ3v) is 4.00. The Hall–Kier alpha value is -1.76. The second kappa shape index (κ2) is 5.93. The number of rotatable bonds is 3. The van der Waals surface area contributed by atoms with E-state index in [1.165, 1.54) is 6.08 Å². The molecule has 2 N–H and O–H groups in total. The Morgan fingerprint density at radius 3 is 2.71 bits per heavy atom. The molecule has 0 saturated heterocycles. The molecule has 0 bridgehead atoms. The lowest BCUT2D eigenvalue weighted by molar-refractivity contribution is -0.136. The first-order valence-electron chi connectivity index (χ1n) is 6.73. The summed E-state index contributed by atoms with van der Waals surface area (Å²) < 4.78 is 1.79. The van der Waals surface area contributed by atoms with Gasteiger partial charge in [-0.15, -0.1) is 6.58 Å². The van der Waals surface area contributed by atoms with Gasteiger partial charge >= 0.3 is 11.8 Å². The first-order chi connectivity index (χ1) is 9.84. The van der Waals surface area contributed by atoms with E-state index < -0.39 is 11.8 Å². The van der Waals surface area contributed by atoms with Crippen molar-refractivity contribution in [3.8, 4) is 0 Å². The van der Waals surface area contributed by atoms with Gasteiger partial charge in [-0.3, -0.25) is 9.59 Å². The molecule has 0 aromatic carbocycles. The zero-order chi connectivity index (χ0) is 15.6. The lowest BCUT2D eigenvalue weighted by Gasteiger charge is -2.23. The van der Waals surface area contributed by atoms with E-state index in [1.54, 1.807) is 16.4 Å². The average Bonchev–Trinajstić information content (AvgIpc) is 2.97. The zero-order valence-electron chi connectivity index (χ0n) is 12.5. The van der Waals surface area contributed by atoms with Gasteiger partial charge in [0.1, 0.15) is 5.82 Å². The molecule has 0 atom stereocenters. The van der Waals surface area contributed by atoms with Crippen LogP contribution >= 0.6 is 11.8 Å². The average molecular weight is 308 g/mol. The summed E-state index contributed by atoms with van der Waals surface area (Å²) in [6.07, 6.45) is 1.53. The minimum Gasteiger partial charge on any atom is -0.344 e. The molecule has 0 aliphatic carbocycles. The number of nitrogens with one attached hydrogen (secondary N) is 2. The van der Waals surface area contributed by atoms with Crippen LogP contribution in [0.15, 0.2) is 12.7 Å². The van der Waals surface area contributed by atoms with Gasteiger partial charge in [-0.2, -0.15) is 16.9 Å². The quantitative estimate of drug-likeness (QED) is 0.657. The van der Waals surface area contributed by atoms with E-state index in [2.05, 4.69) is 22.3 Å². The number of nitrogens with zero attached hydrogens (tertiary/aromatic N) is 2. The lowest BCUT2D eigenvalue weighted by Crippen LogP contribution is -2.37. The van der Waals surface area contributed by atoms with Gasteiger partial charge in [0.2, 0.25) is 0 Å². The van der Waals surface area contributed by atoms with E-state index in [0.717, 1.165) is 22.8 Å². The van der Waals surface area contributed by atoms with Crippen molar-refractivity contribution in [2.75, 3.05) is 11.9 Å². The fraction of sp³-hybridized carbons (Fsp3) is 0.500. The summed E-state index contributed by atoms with van der Waals surface area (Å²) in [5.74, 6) is 0.915. The maximum atomic E-state index is 12.0. The van der Waals surface area contributed by atoms with Crippen molar-refractivity contribution < 1.29 is 9.59 Å². The van der Waals surface area contributed by atoms with Crippen LogP contribution in [0.5, 0.6) is 0 Å². The molecule has 0 unspecified atom stereocenters. The van der Waals surface area contributed by atoms with Crippen LogP contribution in [0.2, 0.25) is 0 Å². The minimum absolute atomic E-state index is 0.263. The van der Waals surface area contributed by atoms with Gasteiger partial charge in [0, 0.05) is 23.6 Å². The van der Waals surface area contributed by atoms with Crippen molar-refractivity contribution in [1.82, 2.24) is 15.1 Å². The number of hydrogen-bond acceptors (Lipinski definition) is 4. The van der Waals surface area contributed by atoms with Crippen molar-refractivity contribution >= 4 is 29.4 Å². The van der Waals surface area contributed by atoms with E-state index in [-0.39, 0.29) is 12.1 Å². The second-order valence-corrected chi connectivity index (χ2v) is 6.79. The predicted molar refractivity (Wildman–Crippen MR) is 84.1 cm³/mol. The summed E-state index contributed by atoms with van der Waals surface area (Å²) >= 11 is 1.75. The molecule has 2 heterocycles. The Balaban J connectivity index is 2.25. The number of carbonyl (C=O) groups excluding carboxylic acids is 2. The standard InChI is InChI=1S/C14H20N4O2S/c1-5-6-15-12(19)13(20)16-11-9-7-21-8-10(9)17-18(11)14(2,3)4/h5H,1,6-8H2,2-4H3,(H,15,19)(H,16,20). The number of thioether (sulfide) groups is 1. The molecule has 2 amide bonds. The van der Waals surface area contributed by atoms with Crippen LogP contribution < -0.4 is 10.6 Å². The summed E-state index contributed by atoms with van der Waals surface area (Å²) in [4.78, 5) is 23.7. The van der Waals surface area contributed by atoms with Crippen molar-refractivity contribution in [1.29, 1.82) is 0 Å². The number of aromatic nitrogens is 2.